The number of nitrogens with two attached hydrogens (primary N) is 1. The fourth-order valence-corrected chi connectivity index (χ4v) is 1.70. The van der Waals surface area contributed by atoms with E-state index in [1.807, 2.05) is 24.3 Å². The van der Waals surface area contributed by atoms with Crippen LogP contribution in [0.2, 0.25) is 0 Å². The SMILES string of the molecule is CCCN(CCN)c1ccc(C(C)=O)cc1. The van der Waals surface area contributed by atoms with Gasteiger partial charge in [0.1, 0.15) is 0 Å². The molecule has 2 N–H and O–H groups in total. The normalized spacial score (nSPS) is 10.2. The maximum atomic E-state index is 11.1. The average molecular weight is 220 g/mol. The van der Waals surface area contributed by atoms with Gasteiger partial charge in [0, 0.05) is 30.9 Å². The number of hydrogen-bond acceptors (Lipinski definition) is 3. The Balaban J connectivity index is 2.80. The highest BCUT2D eigenvalue weighted by Crippen LogP contribution is 2.15. The van der Waals surface area contributed by atoms with Gasteiger partial charge in [-0.1, -0.05) is 6.92 Å². The maximum absolute atomic E-state index is 11.1. The van der Waals surface area contributed by atoms with Crippen molar-refractivity contribution in [1.82, 2.24) is 0 Å². The predicted octanol–water partition coefficient (Wildman–Crippen LogP) is 2.06. The minimum absolute atomic E-state index is 0.104. The Morgan fingerprint density at radius 2 is 1.88 bits per heavy atom. The van der Waals surface area contributed by atoms with Crippen LogP contribution in [0, 0.1) is 0 Å². The molecular weight excluding hydrogens is 200 g/mol. The minimum Gasteiger partial charge on any atom is -0.370 e. The van der Waals surface area contributed by atoms with Gasteiger partial charge in [0.15, 0.2) is 5.78 Å². The van der Waals surface area contributed by atoms with Crippen LogP contribution in [0.25, 0.3) is 0 Å². The van der Waals surface area contributed by atoms with Gasteiger partial charge in [-0.3, -0.25) is 4.79 Å². The number of ketones is 1. The smallest absolute Gasteiger partial charge is 0.159 e. The van der Waals surface area contributed by atoms with Crippen molar-refractivity contribution < 1.29 is 4.79 Å². The van der Waals surface area contributed by atoms with Crippen molar-refractivity contribution in [3.63, 3.8) is 0 Å². The topological polar surface area (TPSA) is 46.3 Å². The Morgan fingerprint density at radius 3 is 2.31 bits per heavy atom. The van der Waals surface area contributed by atoms with Crippen LogP contribution >= 0.6 is 0 Å². The van der Waals surface area contributed by atoms with Gasteiger partial charge in [0.05, 0.1) is 0 Å². The molecule has 0 aromatic heterocycles. The third-order valence-electron chi connectivity index (χ3n) is 2.53. The zero-order valence-corrected chi connectivity index (χ0v) is 10.1. The van der Waals surface area contributed by atoms with Gasteiger partial charge in [-0.15, -0.1) is 0 Å². The van der Waals surface area contributed by atoms with E-state index in [2.05, 4.69) is 11.8 Å². The molecule has 0 fully saturated rings. The summed E-state index contributed by atoms with van der Waals surface area (Å²) < 4.78 is 0. The van der Waals surface area contributed by atoms with Crippen LogP contribution in [-0.2, 0) is 0 Å². The fourth-order valence-electron chi connectivity index (χ4n) is 1.70. The molecule has 0 spiro atoms. The molecule has 0 aliphatic carbocycles. The van der Waals surface area contributed by atoms with Crippen molar-refractivity contribution in [3.05, 3.63) is 29.8 Å². The first-order valence-electron chi connectivity index (χ1n) is 5.75. The Morgan fingerprint density at radius 1 is 1.25 bits per heavy atom. The van der Waals surface area contributed by atoms with E-state index in [4.69, 9.17) is 5.73 Å². The molecule has 0 aliphatic heterocycles. The van der Waals surface area contributed by atoms with E-state index in [1.54, 1.807) is 6.92 Å². The molecule has 0 unspecified atom stereocenters. The number of carbonyl (C=O) groups is 1. The molecule has 3 heteroatoms. The molecule has 0 atom stereocenters. The molecule has 1 aromatic carbocycles. The second-order valence-electron chi connectivity index (χ2n) is 3.88. The second kappa shape index (κ2) is 6.28. The zero-order valence-electron chi connectivity index (χ0n) is 10.1. The van der Waals surface area contributed by atoms with Crippen molar-refractivity contribution >= 4 is 11.5 Å². The largest absolute Gasteiger partial charge is 0.370 e. The summed E-state index contributed by atoms with van der Waals surface area (Å²) in [6.45, 7) is 6.23. The second-order valence-corrected chi connectivity index (χ2v) is 3.88. The standard InChI is InChI=1S/C13H20N2O/c1-3-9-15(10-8-14)13-6-4-12(5-7-13)11(2)16/h4-7H,3,8-10,14H2,1-2H3. The quantitative estimate of drug-likeness (QED) is 0.746. The van der Waals surface area contributed by atoms with E-state index >= 15 is 0 Å². The third kappa shape index (κ3) is 3.35. The predicted molar refractivity (Wildman–Crippen MR) is 68.0 cm³/mol. The van der Waals surface area contributed by atoms with Crippen molar-refractivity contribution in [2.75, 3.05) is 24.5 Å². The van der Waals surface area contributed by atoms with Crippen LogP contribution in [0.1, 0.15) is 30.6 Å². The number of benzene rings is 1. The number of rotatable bonds is 6. The molecule has 1 aromatic rings. The third-order valence-corrected chi connectivity index (χ3v) is 2.53. The van der Waals surface area contributed by atoms with Crippen LogP contribution in [0.3, 0.4) is 0 Å². The lowest BCUT2D eigenvalue weighted by Crippen LogP contribution is -2.30. The van der Waals surface area contributed by atoms with Crippen LogP contribution in [0.5, 0.6) is 0 Å². The van der Waals surface area contributed by atoms with E-state index in [1.165, 1.54) is 0 Å². The van der Waals surface area contributed by atoms with Gasteiger partial charge in [-0.25, -0.2) is 0 Å². The van der Waals surface area contributed by atoms with Gasteiger partial charge in [0.25, 0.3) is 0 Å². The lowest BCUT2D eigenvalue weighted by molar-refractivity contribution is 0.101. The Hall–Kier alpha value is -1.35. The molecule has 0 radical (unpaired) electrons. The maximum Gasteiger partial charge on any atom is 0.159 e. The first-order valence-corrected chi connectivity index (χ1v) is 5.75. The summed E-state index contributed by atoms with van der Waals surface area (Å²) in [4.78, 5) is 13.4. The van der Waals surface area contributed by atoms with Gasteiger partial charge >= 0.3 is 0 Å². The summed E-state index contributed by atoms with van der Waals surface area (Å²) in [5.41, 5.74) is 7.47. The van der Waals surface area contributed by atoms with E-state index in [0.717, 1.165) is 30.8 Å². The van der Waals surface area contributed by atoms with Gasteiger partial charge in [-0.05, 0) is 37.6 Å². The molecule has 0 aliphatic rings. The lowest BCUT2D eigenvalue weighted by atomic mass is 10.1. The zero-order chi connectivity index (χ0) is 12.0. The first-order chi connectivity index (χ1) is 7.69. The molecule has 0 saturated carbocycles. The highest BCUT2D eigenvalue weighted by atomic mass is 16.1. The monoisotopic (exact) mass is 220 g/mol. The highest BCUT2D eigenvalue weighted by Gasteiger charge is 2.05. The summed E-state index contributed by atoms with van der Waals surface area (Å²) in [5.74, 6) is 0.104. The molecule has 1 rings (SSSR count). The van der Waals surface area contributed by atoms with Crippen molar-refractivity contribution in [2.45, 2.75) is 20.3 Å². The summed E-state index contributed by atoms with van der Waals surface area (Å²) in [6.07, 6.45) is 1.09. The molecule has 0 heterocycles. The molecule has 0 saturated heterocycles. The van der Waals surface area contributed by atoms with E-state index in [9.17, 15) is 4.79 Å². The molecule has 16 heavy (non-hydrogen) atoms. The van der Waals surface area contributed by atoms with Crippen molar-refractivity contribution in [3.8, 4) is 0 Å². The number of Topliss-reactive ketones (excluding diaryl/α,β-unsaturated/α-hetero) is 1. The highest BCUT2D eigenvalue weighted by molar-refractivity contribution is 5.94. The van der Waals surface area contributed by atoms with E-state index in [0.29, 0.717) is 6.54 Å². The molecule has 0 amide bonds. The average Bonchev–Trinajstić information content (AvgIpc) is 2.29. The van der Waals surface area contributed by atoms with Gasteiger partial charge < -0.3 is 10.6 Å². The molecule has 88 valence electrons. The van der Waals surface area contributed by atoms with Crippen molar-refractivity contribution in [2.24, 2.45) is 5.73 Å². The van der Waals surface area contributed by atoms with Crippen LogP contribution in [0.4, 0.5) is 5.69 Å². The molecule has 3 nitrogen and oxygen atoms in total. The number of hydrogen-bond donors (Lipinski definition) is 1. The Bertz CT molecular complexity index is 326. The summed E-state index contributed by atoms with van der Waals surface area (Å²) in [7, 11) is 0. The van der Waals surface area contributed by atoms with Crippen molar-refractivity contribution in [1.29, 1.82) is 0 Å². The Kier molecular flexibility index (Phi) is 4.99. The van der Waals surface area contributed by atoms with Crippen LogP contribution in [-0.4, -0.2) is 25.4 Å². The first kappa shape index (κ1) is 12.7. The summed E-state index contributed by atoms with van der Waals surface area (Å²) in [5, 5.41) is 0. The number of nitrogens with zero attached hydrogens (tertiary/aromatic N) is 1. The lowest BCUT2D eigenvalue weighted by Gasteiger charge is -2.23. The fraction of sp³-hybridized carbons (Fsp3) is 0.462. The van der Waals surface area contributed by atoms with Gasteiger partial charge in [0.2, 0.25) is 0 Å². The van der Waals surface area contributed by atoms with E-state index in [-0.39, 0.29) is 5.78 Å². The minimum atomic E-state index is 0.104. The summed E-state index contributed by atoms with van der Waals surface area (Å²) >= 11 is 0. The van der Waals surface area contributed by atoms with E-state index < -0.39 is 0 Å². The molecular formula is C13H20N2O. The van der Waals surface area contributed by atoms with Crippen LogP contribution < -0.4 is 10.6 Å². The Labute approximate surface area is 97.2 Å². The van der Waals surface area contributed by atoms with Crippen LogP contribution in [0.15, 0.2) is 24.3 Å². The molecule has 0 bridgehead atoms. The van der Waals surface area contributed by atoms with Gasteiger partial charge in [-0.2, -0.15) is 0 Å². The number of carbonyl (C=O) groups excluding carboxylic acids is 1. The number of anilines is 1. The summed E-state index contributed by atoms with van der Waals surface area (Å²) in [6, 6.07) is 7.72.